The van der Waals surface area contributed by atoms with Gasteiger partial charge in [0.15, 0.2) is 0 Å². The van der Waals surface area contributed by atoms with E-state index in [0.29, 0.717) is 36.7 Å². The zero-order valence-corrected chi connectivity index (χ0v) is 9.52. The molecule has 0 fully saturated rings. The number of carboxylic acids is 1. The van der Waals surface area contributed by atoms with Gasteiger partial charge in [0.25, 0.3) is 5.56 Å². The molecular weight excluding hydrogens is 224 g/mol. The van der Waals surface area contributed by atoms with Gasteiger partial charge in [0.05, 0.1) is 24.8 Å². The van der Waals surface area contributed by atoms with Crippen molar-refractivity contribution in [3.63, 3.8) is 0 Å². The Balaban J connectivity index is 2.28. The van der Waals surface area contributed by atoms with Gasteiger partial charge in [-0.1, -0.05) is 6.92 Å². The average molecular weight is 238 g/mol. The van der Waals surface area contributed by atoms with Crippen molar-refractivity contribution in [3.05, 3.63) is 27.4 Å². The number of aliphatic carboxylic acids is 1. The molecule has 0 aromatic carbocycles. The number of nitrogens with zero attached hydrogens (tertiary/aromatic N) is 1. The minimum Gasteiger partial charge on any atom is -0.481 e. The van der Waals surface area contributed by atoms with E-state index in [0.717, 1.165) is 0 Å². The first-order valence-corrected chi connectivity index (χ1v) is 5.49. The Morgan fingerprint density at radius 2 is 2.41 bits per heavy atom. The van der Waals surface area contributed by atoms with Crippen LogP contribution in [0.4, 0.5) is 0 Å². The molecule has 0 amide bonds. The van der Waals surface area contributed by atoms with Crippen LogP contribution >= 0.6 is 0 Å². The number of rotatable bonds is 3. The number of aromatic amines is 1. The zero-order valence-electron chi connectivity index (χ0n) is 9.52. The number of fused-ring (bicyclic) bond motifs is 1. The molecule has 0 aliphatic carbocycles. The minimum atomic E-state index is -0.901. The van der Waals surface area contributed by atoms with E-state index in [1.54, 1.807) is 6.92 Å². The van der Waals surface area contributed by atoms with Crippen LogP contribution in [-0.2, 0) is 29.0 Å². The largest absolute Gasteiger partial charge is 0.481 e. The molecule has 1 atom stereocenters. The fourth-order valence-corrected chi connectivity index (χ4v) is 1.79. The summed E-state index contributed by atoms with van der Waals surface area (Å²) in [6, 6.07) is 0. The van der Waals surface area contributed by atoms with E-state index in [1.165, 1.54) is 0 Å². The quantitative estimate of drug-likeness (QED) is 0.779. The molecule has 6 nitrogen and oxygen atoms in total. The van der Waals surface area contributed by atoms with Crippen LogP contribution in [0.3, 0.4) is 0 Å². The van der Waals surface area contributed by atoms with Crippen LogP contribution in [0.25, 0.3) is 0 Å². The maximum atomic E-state index is 11.7. The van der Waals surface area contributed by atoms with Crippen LogP contribution in [0.1, 0.15) is 24.0 Å². The van der Waals surface area contributed by atoms with Gasteiger partial charge in [0.2, 0.25) is 0 Å². The minimum absolute atomic E-state index is 0.175. The van der Waals surface area contributed by atoms with Crippen LogP contribution in [0.5, 0.6) is 0 Å². The number of ether oxygens (including phenoxy) is 1. The first-order chi connectivity index (χ1) is 8.08. The van der Waals surface area contributed by atoms with Crippen molar-refractivity contribution in [1.82, 2.24) is 9.97 Å². The lowest BCUT2D eigenvalue weighted by Gasteiger charge is -2.15. The number of carbonyl (C=O) groups is 1. The van der Waals surface area contributed by atoms with Gasteiger partial charge in [-0.15, -0.1) is 0 Å². The molecule has 0 bridgehead atoms. The molecule has 0 saturated heterocycles. The Hall–Kier alpha value is -1.69. The molecule has 6 heteroatoms. The van der Waals surface area contributed by atoms with E-state index in [-0.39, 0.29) is 12.0 Å². The summed E-state index contributed by atoms with van der Waals surface area (Å²) >= 11 is 0. The van der Waals surface area contributed by atoms with Gasteiger partial charge in [0.1, 0.15) is 5.82 Å². The highest BCUT2D eigenvalue weighted by molar-refractivity contribution is 5.69. The molecular formula is C11H14N2O4. The average Bonchev–Trinajstić information content (AvgIpc) is 2.29. The SMILES string of the molecule is CC(Cc1nc2c(c(=O)[nH]1)CCOC2)C(=O)O. The molecule has 2 N–H and O–H groups in total. The van der Waals surface area contributed by atoms with E-state index in [1.807, 2.05) is 0 Å². The topological polar surface area (TPSA) is 92.3 Å². The van der Waals surface area contributed by atoms with Gasteiger partial charge in [-0.3, -0.25) is 9.59 Å². The number of H-pyrrole nitrogens is 1. The third-order valence-electron chi connectivity index (χ3n) is 2.81. The zero-order chi connectivity index (χ0) is 12.4. The highest BCUT2D eigenvalue weighted by Gasteiger charge is 2.18. The van der Waals surface area contributed by atoms with Crippen molar-refractivity contribution in [2.75, 3.05) is 6.61 Å². The smallest absolute Gasteiger partial charge is 0.306 e. The fraction of sp³-hybridized carbons (Fsp3) is 0.545. The van der Waals surface area contributed by atoms with Gasteiger partial charge in [-0.25, -0.2) is 4.98 Å². The maximum absolute atomic E-state index is 11.7. The molecule has 1 aromatic heterocycles. The van der Waals surface area contributed by atoms with Crippen molar-refractivity contribution in [2.24, 2.45) is 5.92 Å². The third-order valence-corrected chi connectivity index (χ3v) is 2.81. The summed E-state index contributed by atoms with van der Waals surface area (Å²) in [5.41, 5.74) is 1.11. The molecule has 1 unspecified atom stereocenters. The number of hydrogen-bond donors (Lipinski definition) is 2. The molecule has 1 aromatic rings. The summed E-state index contributed by atoms with van der Waals surface area (Å²) in [7, 11) is 0. The molecule has 92 valence electrons. The molecule has 2 heterocycles. The molecule has 1 aliphatic heterocycles. The van der Waals surface area contributed by atoms with Crippen LogP contribution in [0.15, 0.2) is 4.79 Å². The lowest BCUT2D eigenvalue weighted by Crippen LogP contribution is -2.26. The summed E-state index contributed by atoms with van der Waals surface area (Å²) in [4.78, 5) is 29.4. The van der Waals surface area contributed by atoms with E-state index >= 15 is 0 Å². The van der Waals surface area contributed by atoms with Crippen LogP contribution in [0, 0.1) is 5.92 Å². The Bertz CT molecular complexity index is 495. The van der Waals surface area contributed by atoms with E-state index in [4.69, 9.17) is 9.84 Å². The predicted octanol–water partition coefficient (Wildman–Crippen LogP) is 0.106. The summed E-state index contributed by atoms with van der Waals surface area (Å²) in [5.74, 6) is -1.06. The van der Waals surface area contributed by atoms with Crippen LogP contribution in [-0.4, -0.2) is 27.7 Å². The summed E-state index contributed by atoms with van der Waals surface area (Å²) in [6.45, 7) is 2.44. The second kappa shape index (κ2) is 4.67. The Morgan fingerprint density at radius 1 is 1.65 bits per heavy atom. The normalized spacial score (nSPS) is 16.3. The first kappa shape index (κ1) is 11.8. The molecule has 0 spiro atoms. The van der Waals surface area contributed by atoms with Gasteiger partial charge in [0, 0.05) is 18.4 Å². The maximum Gasteiger partial charge on any atom is 0.306 e. The van der Waals surface area contributed by atoms with Crippen molar-refractivity contribution >= 4 is 5.97 Å². The predicted molar refractivity (Wildman–Crippen MR) is 58.7 cm³/mol. The number of carboxylic acid groups (broad SMARTS) is 1. The van der Waals surface area contributed by atoms with E-state index in [9.17, 15) is 9.59 Å². The van der Waals surface area contributed by atoms with Crippen LogP contribution < -0.4 is 5.56 Å². The van der Waals surface area contributed by atoms with Gasteiger partial charge in [-0.05, 0) is 0 Å². The van der Waals surface area contributed by atoms with Crippen molar-refractivity contribution < 1.29 is 14.6 Å². The van der Waals surface area contributed by atoms with Gasteiger partial charge in [-0.2, -0.15) is 0 Å². The van der Waals surface area contributed by atoms with Crippen molar-refractivity contribution in [2.45, 2.75) is 26.4 Å². The van der Waals surface area contributed by atoms with Crippen molar-refractivity contribution in [1.29, 1.82) is 0 Å². The molecule has 17 heavy (non-hydrogen) atoms. The highest BCUT2D eigenvalue weighted by Crippen LogP contribution is 2.11. The van der Waals surface area contributed by atoms with Crippen LogP contribution in [0.2, 0.25) is 0 Å². The van der Waals surface area contributed by atoms with Gasteiger partial charge < -0.3 is 14.8 Å². The molecule has 2 rings (SSSR count). The summed E-state index contributed by atoms with van der Waals surface area (Å²) in [5, 5.41) is 8.81. The standard InChI is InChI=1S/C11H14N2O4/c1-6(11(15)16)4-9-12-8-5-17-3-2-7(8)10(14)13-9/h6H,2-5H2,1H3,(H,15,16)(H,12,13,14). The Morgan fingerprint density at radius 3 is 3.12 bits per heavy atom. The lowest BCUT2D eigenvalue weighted by atomic mass is 10.1. The summed E-state index contributed by atoms with van der Waals surface area (Å²) in [6.07, 6.45) is 0.782. The third kappa shape index (κ3) is 2.52. The first-order valence-electron chi connectivity index (χ1n) is 5.49. The highest BCUT2D eigenvalue weighted by atomic mass is 16.5. The second-order valence-corrected chi connectivity index (χ2v) is 4.18. The van der Waals surface area contributed by atoms with Crippen molar-refractivity contribution in [3.8, 4) is 0 Å². The van der Waals surface area contributed by atoms with E-state index < -0.39 is 11.9 Å². The number of nitrogens with one attached hydrogen (secondary N) is 1. The Kier molecular flexibility index (Phi) is 3.23. The van der Waals surface area contributed by atoms with Gasteiger partial charge >= 0.3 is 5.97 Å². The molecule has 0 saturated carbocycles. The monoisotopic (exact) mass is 238 g/mol. The lowest BCUT2D eigenvalue weighted by molar-refractivity contribution is -0.141. The fourth-order valence-electron chi connectivity index (χ4n) is 1.79. The Labute approximate surface area is 97.7 Å². The number of hydrogen-bond acceptors (Lipinski definition) is 4. The molecule has 1 aliphatic rings. The van der Waals surface area contributed by atoms with E-state index in [2.05, 4.69) is 9.97 Å². The molecule has 0 radical (unpaired) electrons. The summed E-state index contributed by atoms with van der Waals surface area (Å²) < 4.78 is 5.23. The second-order valence-electron chi connectivity index (χ2n) is 4.18. The number of aromatic nitrogens is 2.